The van der Waals surface area contributed by atoms with Crippen molar-refractivity contribution in [1.29, 1.82) is 0 Å². The van der Waals surface area contributed by atoms with E-state index in [0.29, 0.717) is 6.10 Å². The molecule has 1 saturated heterocycles. The summed E-state index contributed by atoms with van der Waals surface area (Å²) in [7, 11) is 1.81. The predicted molar refractivity (Wildman–Crippen MR) is 85.8 cm³/mol. The van der Waals surface area contributed by atoms with Gasteiger partial charge in [-0.3, -0.25) is 4.90 Å². The summed E-state index contributed by atoms with van der Waals surface area (Å²) < 4.78 is 11.4. The van der Waals surface area contributed by atoms with Crippen molar-refractivity contribution in [2.45, 2.75) is 32.4 Å². The van der Waals surface area contributed by atoms with E-state index >= 15 is 0 Å². The van der Waals surface area contributed by atoms with Crippen molar-refractivity contribution in [2.24, 2.45) is 0 Å². The van der Waals surface area contributed by atoms with E-state index in [-0.39, 0.29) is 0 Å². The average Bonchev–Trinajstić information content (AvgIpc) is 2.54. The van der Waals surface area contributed by atoms with Crippen LogP contribution in [0.25, 0.3) is 0 Å². The molecule has 0 amide bonds. The Balaban J connectivity index is 1.77. The van der Waals surface area contributed by atoms with Crippen molar-refractivity contribution in [3.05, 3.63) is 29.8 Å². The zero-order valence-corrected chi connectivity index (χ0v) is 13.3. The van der Waals surface area contributed by atoms with E-state index in [4.69, 9.17) is 9.47 Å². The molecule has 21 heavy (non-hydrogen) atoms. The van der Waals surface area contributed by atoms with E-state index in [1.807, 2.05) is 13.2 Å². The highest BCUT2D eigenvalue weighted by molar-refractivity contribution is 5.33. The average molecular weight is 292 g/mol. The molecule has 0 aliphatic carbocycles. The van der Waals surface area contributed by atoms with Gasteiger partial charge in [-0.25, -0.2) is 0 Å². The first-order valence-corrected chi connectivity index (χ1v) is 8.00. The van der Waals surface area contributed by atoms with Crippen LogP contribution in [0.5, 0.6) is 5.75 Å². The zero-order valence-electron chi connectivity index (χ0n) is 13.3. The maximum absolute atomic E-state index is 5.98. The number of benzene rings is 1. The van der Waals surface area contributed by atoms with Crippen LogP contribution in [0.2, 0.25) is 0 Å². The minimum Gasteiger partial charge on any atom is -0.492 e. The molecule has 1 atom stereocenters. The second-order valence-electron chi connectivity index (χ2n) is 5.54. The lowest BCUT2D eigenvalue weighted by atomic mass is 10.1. The molecule has 0 radical (unpaired) electrons. The van der Waals surface area contributed by atoms with Crippen LogP contribution in [-0.4, -0.2) is 50.9 Å². The molecule has 1 aromatic carbocycles. The lowest BCUT2D eigenvalue weighted by Gasteiger charge is -2.31. The third-order valence-corrected chi connectivity index (χ3v) is 4.00. The van der Waals surface area contributed by atoms with E-state index < -0.39 is 0 Å². The molecule has 1 aliphatic heterocycles. The summed E-state index contributed by atoms with van der Waals surface area (Å²) in [5.74, 6) is 0.999. The standard InChI is InChI=1S/C17H28N2O2/c1-3-18-13-15-7-4-5-9-17(15)21-12-11-19-10-6-8-16(14-19)20-2/h4-5,7,9,16,18H,3,6,8,10-14H2,1-2H3. The Hall–Kier alpha value is -1.10. The van der Waals surface area contributed by atoms with Gasteiger partial charge in [-0.05, 0) is 32.0 Å². The van der Waals surface area contributed by atoms with E-state index in [1.165, 1.54) is 18.4 Å². The molecule has 0 spiro atoms. The Kier molecular flexibility index (Phi) is 7.00. The molecule has 4 nitrogen and oxygen atoms in total. The van der Waals surface area contributed by atoms with Gasteiger partial charge in [0.05, 0.1) is 6.10 Å². The van der Waals surface area contributed by atoms with Crippen molar-refractivity contribution in [2.75, 3.05) is 39.9 Å². The largest absolute Gasteiger partial charge is 0.492 e. The van der Waals surface area contributed by atoms with Gasteiger partial charge in [0.25, 0.3) is 0 Å². The van der Waals surface area contributed by atoms with Gasteiger partial charge in [0.1, 0.15) is 12.4 Å². The molecule has 1 unspecified atom stereocenters. The Morgan fingerprint density at radius 2 is 2.19 bits per heavy atom. The molecule has 1 aromatic rings. The van der Waals surface area contributed by atoms with Crippen molar-refractivity contribution in [3.8, 4) is 5.75 Å². The van der Waals surface area contributed by atoms with E-state index in [2.05, 4.69) is 35.3 Å². The van der Waals surface area contributed by atoms with Crippen LogP contribution in [0.4, 0.5) is 0 Å². The number of ether oxygens (including phenoxy) is 2. The van der Waals surface area contributed by atoms with E-state index in [0.717, 1.165) is 45.1 Å². The number of piperidine rings is 1. The Morgan fingerprint density at radius 1 is 1.33 bits per heavy atom. The van der Waals surface area contributed by atoms with Crippen molar-refractivity contribution in [1.82, 2.24) is 10.2 Å². The minimum atomic E-state index is 0.389. The number of hydrogen-bond donors (Lipinski definition) is 1. The normalized spacial score (nSPS) is 19.6. The van der Waals surface area contributed by atoms with Crippen LogP contribution < -0.4 is 10.1 Å². The minimum absolute atomic E-state index is 0.389. The second kappa shape index (κ2) is 9.03. The monoisotopic (exact) mass is 292 g/mol. The van der Waals surface area contributed by atoms with Gasteiger partial charge in [0.15, 0.2) is 0 Å². The molecule has 118 valence electrons. The Labute approximate surface area is 128 Å². The number of nitrogens with one attached hydrogen (secondary N) is 1. The number of rotatable bonds is 8. The van der Waals surface area contributed by atoms with Gasteiger partial charge in [-0.15, -0.1) is 0 Å². The van der Waals surface area contributed by atoms with Gasteiger partial charge < -0.3 is 14.8 Å². The highest BCUT2D eigenvalue weighted by atomic mass is 16.5. The third-order valence-electron chi connectivity index (χ3n) is 4.00. The lowest BCUT2D eigenvalue weighted by molar-refractivity contribution is 0.0271. The SMILES string of the molecule is CCNCc1ccccc1OCCN1CCCC(OC)C1. The zero-order chi connectivity index (χ0) is 14.9. The first-order valence-electron chi connectivity index (χ1n) is 8.00. The molecule has 1 heterocycles. The van der Waals surface area contributed by atoms with E-state index in [9.17, 15) is 0 Å². The maximum atomic E-state index is 5.98. The van der Waals surface area contributed by atoms with Crippen LogP contribution in [0, 0.1) is 0 Å². The van der Waals surface area contributed by atoms with Crippen LogP contribution in [0.1, 0.15) is 25.3 Å². The summed E-state index contributed by atoms with van der Waals surface area (Å²) in [6.45, 7) is 7.84. The summed E-state index contributed by atoms with van der Waals surface area (Å²) in [5, 5.41) is 3.35. The third kappa shape index (κ3) is 5.30. The molecular weight excluding hydrogens is 264 g/mol. The number of hydrogen-bond acceptors (Lipinski definition) is 4. The quantitative estimate of drug-likeness (QED) is 0.797. The Morgan fingerprint density at radius 3 is 3.00 bits per heavy atom. The Bertz CT molecular complexity index is 412. The number of nitrogens with zero attached hydrogens (tertiary/aromatic N) is 1. The number of methoxy groups -OCH3 is 1. The first-order chi connectivity index (χ1) is 10.3. The summed E-state index contributed by atoms with van der Waals surface area (Å²) >= 11 is 0. The summed E-state index contributed by atoms with van der Waals surface area (Å²) in [6.07, 6.45) is 2.79. The smallest absolute Gasteiger partial charge is 0.123 e. The van der Waals surface area contributed by atoms with Crippen molar-refractivity contribution in [3.63, 3.8) is 0 Å². The summed E-state index contributed by atoms with van der Waals surface area (Å²) in [5.41, 5.74) is 1.23. The molecule has 1 fully saturated rings. The van der Waals surface area contributed by atoms with Gasteiger partial charge in [-0.1, -0.05) is 25.1 Å². The topological polar surface area (TPSA) is 33.7 Å². The molecule has 0 bridgehead atoms. The molecule has 4 heteroatoms. The number of likely N-dealkylation sites (tertiary alicyclic amines) is 1. The van der Waals surface area contributed by atoms with Gasteiger partial charge in [-0.2, -0.15) is 0 Å². The highest BCUT2D eigenvalue weighted by Crippen LogP contribution is 2.18. The molecular formula is C17H28N2O2. The van der Waals surface area contributed by atoms with Crippen molar-refractivity contribution < 1.29 is 9.47 Å². The first kappa shape index (κ1) is 16.3. The van der Waals surface area contributed by atoms with Gasteiger partial charge in [0.2, 0.25) is 0 Å². The maximum Gasteiger partial charge on any atom is 0.123 e. The molecule has 0 saturated carbocycles. The van der Waals surface area contributed by atoms with Crippen LogP contribution >= 0.6 is 0 Å². The number of para-hydroxylation sites is 1. The molecule has 2 rings (SSSR count). The molecule has 0 aromatic heterocycles. The summed E-state index contributed by atoms with van der Waals surface area (Å²) in [4.78, 5) is 2.44. The lowest BCUT2D eigenvalue weighted by Crippen LogP contribution is -2.41. The van der Waals surface area contributed by atoms with Crippen LogP contribution in [-0.2, 0) is 11.3 Å². The predicted octanol–water partition coefficient (Wildman–Crippen LogP) is 2.29. The highest BCUT2D eigenvalue weighted by Gasteiger charge is 2.18. The molecule has 1 aliphatic rings. The fourth-order valence-electron chi connectivity index (χ4n) is 2.74. The van der Waals surface area contributed by atoms with Crippen LogP contribution in [0.3, 0.4) is 0 Å². The molecule has 1 N–H and O–H groups in total. The fourth-order valence-corrected chi connectivity index (χ4v) is 2.74. The van der Waals surface area contributed by atoms with E-state index in [1.54, 1.807) is 0 Å². The summed E-state index contributed by atoms with van der Waals surface area (Å²) in [6, 6.07) is 8.28. The van der Waals surface area contributed by atoms with Gasteiger partial charge >= 0.3 is 0 Å². The second-order valence-corrected chi connectivity index (χ2v) is 5.54. The van der Waals surface area contributed by atoms with Crippen molar-refractivity contribution >= 4 is 0 Å². The van der Waals surface area contributed by atoms with Crippen LogP contribution in [0.15, 0.2) is 24.3 Å². The fraction of sp³-hybridized carbons (Fsp3) is 0.647. The van der Waals surface area contributed by atoms with Gasteiger partial charge in [0, 0.05) is 32.3 Å².